The Hall–Kier alpha value is -3.67. The maximum atomic E-state index is 12.7. The highest BCUT2D eigenvalue weighted by Gasteiger charge is 2.15. The zero-order valence-corrected chi connectivity index (χ0v) is 16.6. The first-order valence-corrected chi connectivity index (χ1v) is 9.34. The first-order chi connectivity index (χ1) is 13.9. The van der Waals surface area contributed by atoms with E-state index in [4.69, 9.17) is 4.74 Å². The average molecular weight is 389 g/mol. The van der Waals surface area contributed by atoms with E-state index in [1.165, 1.54) is 0 Å². The van der Waals surface area contributed by atoms with Crippen LogP contribution in [-0.4, -0.2) is 22.9 Å². The first-order valence-electron chi connectivity index (χ1n) is 9.34. The molecule has 3 rings (SSSR count). The molecule has 1 aromatic heterocycles. The Bertz CT molecular complexity index is 1030. The number of hydrogen-bond donors (Lipinski definition) is 2. The van der Waals surface area contributed by atoms with E-state index >= 15 is 0 Å². The number of para-hydroxylation sites is 2. The van der Waals surface area contributed by atoms with Crippen molar-refractivity contribution in [2.75, 3.05) is 10.6 Å². The number of benzene rings is 2. The van der Waals surface area contributed by atoms with Crippen molar-refractivity contribution >= 4 is 23.2 Å². The number of hydrogen-bond acceptors (Lipinski definition) is 4. The Morgan fingerprint density at radius 1 is 0.862 bits per heavy atom. The van der Waals surface area contributed by atoms with Crippen molar-refractivity contribution in [3.05, 3.63) is 83.7 Å². The number of ether oxygens (including phenoxy) is 1. The van der Waals surface area contributed by atoms with Crippen LogP contribution in [0.1, 0.15) is 40.4 Å². The van der Waals surface area contributed by atoms with Gasteiger partial charge in [0.15, 0.2) is 0 Å². The average Bonchev–Trinajstić information content (AvgIpc) is 2.69. The lowest BCUT2D eigenvalue weighted by atomic mass is 10.2. The van der Waals surface area contributed by atoms with Gasteiger partial charge in [0.25, 0.3) is 11.8 Å². The van der Waals surface area contributed by atoms with Gasteiger partial charge in [0.1, 0.15) is 17.1 Å². The summed E-state index contributed by atoms with van der Waals surface area (Å²) in [4.78, 5) is 29.4. The lowest BCUT2D eigenvalue weighted by molar-refractivity contribution is 0.101. The van der Waals surface area contributed by atoms with Crippen LogP contribution in [0.5, 0.6) is 5.75 Å². The van der Waals surface area contributed by atoms with Crippen LogP contribution >= 0.6 is 0 Å². The van der Waals surface area contributed by atoms with E-state index in [1.54, 1.807) is 36.4 Å². The van der Waals surface area contributed by atoms with E-state index < -0.39 is 5.91 Å². The second kappa shape index (κ2) is 9.01. The number of carbonyl (C=O) groups excluding carboxylic acids is 2. The molecule has 2 amide bonds. The van der Waals surface area contributed by atoms with Gasteiger partial charge in [-0.2, -0.15) is 0 Å². The number of carbonyl (C=O) groups is 2. The molecule has 1 heterocycles. The van der Waals surface area contributed by atoms with Crippen LogP contribution in [0.15, 0.2) is 66.7 Å². The van der Waals surface area contributed by atoms with Crippen molar-refractivity contribution < 1.29 is 14.3 Å². The predicted octanol–water partition coefficient (Wildman–Crippen LogP) is 4.68. The van der Waals surface area contributed by atoms with Gasteiger partial charge in [-0.15, -0.1) is 0 Å². The highest BCUT2D eigenvalue weighted by atomic mass is 16.5. The van der Waals surface area contributed by atoms with Crippen LogP contribution in [0, 0.1) is 6.92 Å². The molecule has 0 aliphatic rings. The summed E-state index contributed by atoms with van der Waals surface area (Å²) in [5, 5.41) is 5.59. The highest BCUT2D eigenvalue weighted by molar-refractivity contribution is 6.06. The maximum Gasteiger partial charge on any atom is 0.274 e. The fourth-order valence-corrected chi connectivity index (χ4v) is 2.72. The van der Waals surface area contributed by atoms with E-state index in [1.807, 2.05) is 51.1 Å². The number of aryl methyl sites for hydroxylation is 1. The SMILES string of the molecule is Cc1cccc(NC(=O)c2cccc(C(=O)Nc3ccccc3OC(C)C)n2)c1. The van der Waals surface area contributed by atoms with Crippen LogP contribution in [0.4, 0.5) is 11.4 Å². The summed E-state index contributed by atoms with van der Waals surface area (Å²) in [5.74, 6) is -0.229. The summed E-state index contributed by atoms with van der Waals surface area (Å²) in [6.45, 7) is 5.77. The summed E-state index contributed by atoms with van der Waals surface area (Å²) in [7, 11) is 0. The van der Waals surface area contributed by atoms with Crippen LogP contribution < -0.4 is 15.4 Å². The van der Waals surface area contributed by atoms with Gasteiger partial charge in [0, 0.05) is 5.69 Å². The van der Waals surface area contributed by atoms with Gasteiger partial charge in [-0.3, -0.25) is 9.59 Å². The Kier molecular flexibility index (Phi) is 6.24. The van der Waals surface area contributed by atoms with Crippen LogP contribution in [0.25, 0.3) is 0 Å². The summed E-state index contributed by atoms with van der Waals surface area (Å²) >= 11 is 0. The second-order valence-corrected chi connectivity index (χ2v) is 6.85. The predicted molar refractivity (Wildman–Crippen MR) is 114 cm³/mol. The van der Waals surface area contributed by atoms with Crippen molar-refractivity contribution in [1.82, 2.24) is 4.98 Å². The quantitative estimate of drug-likeness (QED) is 0.641. The molecule has 0 saturated heterocycles. The van der Waals surface area contributed by atoms with E-state index in [9.17, 15) is 9.59 Å². The minimum Gasteiger partial charge on any atom is -0.489 e. The lowest BCUT2D eigenvalue weighted by Gasteiger charge is -2.14. The van der Waals surface area contributed by atoms with E-state index in [-0.39, 0.29) is 23.4 Å². The molecule has 0 fully saturated rings. The van der Waals surface area contributed by atoms with Crippen molar-refractivity contribution in [3.63, 3.8) is 0 Å². The number of aromatic nitrogens is 1. The Morgan fingerprint density at radius 3 is 2.21 bits per heavy atom. The van der Waals surface area contributed by atoms with E-state index in [0.29, 0.717) is 17.1 Å². The topological polar surface area (TPSA) is 80.3 Å². The van der Waals surface area contributed by atoms with Crippen molar-refractivity contribution in [3.8, 4) is 5.75 Å². The van der Waals surface area contributed by atoms with Gasteiger partial charge in [-0.1, -0.05) is 30.3 Å². The molecule has 3 aromatic rings. The monoisotopic (exact) mass is 389 g/mol. The molecule has 0 saturated carbocycles. The Balaban J connectivity index is 1.75. The number of amides is 2. The highest BCUT2D eigenvalue weighted by Crippen LogP contribution is 2.25. The molecular formula is C23H23N3O3. The molecule has 0 radical (unpaired) electrons. The molecule has 2 N–H and O–H groups in total. The van der Waals surface area contributed by atoms with Crippen molar-refractivity contribution in [2.24, 2.45) is 0 Å². The van der Waals surface area contributed by atoms with Gasteiger partial charge in [-0.05, 0) is 62.7 Å². The third kappa shape index (κ3) is 5.42. The van der Waals surface area contributed by atoms with Gasteiger partial charge >= 0.3 is 0 Å². The minimum atomic E-state index is -0.421. The van der Waals surface area contributed by atoms with Gasteiger partial charge in [-0.25, -0.2) is 4.98 Å². The lowest BCUT2D eigenvalue weighted by Crippen LogP contribution is -2.19. The summed E-state index contributed by atoms with van der Waals surface area (Å²) < 4.78 is 5.72. The number of anilines is 2. The largest absolute Gasteiger partial charge is 0.489 e. The fraction of sp³-hybridized carbons (Fsp3) is 0.174. The number of nitrogens with one attached hydrogen (secondary N) is 2. The van der Waals surface area contributed by atoms with Gasteiger partial charge in [0.05, 0.1) is 11.8 Å². The van der Waals surface area contributed by atoms with E-state index in [2.05, 4.69) is 15.6 Å². The van der Waals surface area contributed by atoms with Gasteiger partial charge in [0.2, 0.25) is 0 Å². The zero-order chi connectivity index (χ0) is 20.8. The Labute approximate surface area is 169 Å². The van der Waals surface area contributed by atoms with E-state index in [0.717, 1.165) is 5.56 Å². The first kappa shape index (κ1) is 20.1. The second-order valence-electron chi connectivity index (χ2n) is 6.85. The molecule has 0 unspecified atom stereocenters. The molecule has 6 nitrogen and oxygen atoms in total. The summed E-state index contributed by atoms with van der Waals surface area (Å²) in [6, 6.07) is 19.4. The standard InChI is InChI=1S/C23H23N3O3/c1-15(2)29-21-13-5-4-10-18(21)26-23(28)20-12-7-11-19(25-20)22(27)24-17-9-6-8-16(3)14-17/h4-15H,1-3H3,(H,24,27)(H,26,28). The number of pyridine rings is 1. The van der Waals surface area contributed by atoms with Crippen molar-refractivity contribution in [1.29, 1.82) is 0 Å². The normalized spacial score (nSPS) is 10.5. The summed E-state index contributed by atoms with van der Waals surface area (Å²) in [6.07, 6.45) is -0.0279. The number of rotatable bonds is 6. The Morgan fingerprint density at radius 2 is 1.52 bits per heavy atom. The molecule has 0 aliphatic heterocycles. The molecule has 148 valence electrons. The van der Waals surface area contributed by atoms with Crippen LogP contribution in [0.3, 0.4) is 0 Å². The molecule has 29 heavy (non-hydrogen) atoms. The summed E-state index contributed by atoms with van der Waals surface area (Å²) in [5.41, 5.74) is 2.55. The molecule has 0 spiro atoms. The molecule has 6 heteroatoms. The smallest absolute Gasteiger partial charge is 0.274 e. The molecular weight excluding hydrogens is 366 g/mol. The zero-order valence-electron chi connectivity index (χ0n) is 16.6. The van der Waals surface area contributed by atoms with Crippen LogP contribution in [-0.2, 0) is 0 Å². The third-order valence-corrected chi connectivity index (χ3v) is 3.99. The van der Waals surface area contributed by atoms with Crippen LogP contribution in [0.2, 0.25) is 0 Å². The molecule has 0 bridgehead atoms. The molecule has 0 atom stereocenters. The molecule has 2 aromatic carbocycles. The fourth-order valence-electron chi connectivity index (χ4n) is 2.72. The minimum absolute atomic E-state index is 0.0279. The van der Waals surface area contributed by atoms with Crippen molar-refractivity contribution in [2.45, 2.75) is 26.9 Å². The number of nitrogens with zero attached hydrogens (tertiary/aromatic N) is 1. The molecule has 0 aliphatic carbocycles. The van der Waals surface area contributed by atoms with Gasteiger partial charge < -0.3 is 15.4 Å². The maximum absolute atomic E-state index is 12.7. The third-order valence-electron chi connectivity index (χ3n) is 3.99.